The minimum atomic E-state index is 0.692. The SMILES string of the molecule is CC1CCCCC1CN1CCN[C@H](C)C1. The first-order valence-corrected chi connectivity index (χ1v) is 6.71. The number of rotatable bonds is 2. The van der Waals surface area contributed by atoms with Crippen molar-refractivity contribution < 1.29 is 0 Å². The topological polar surface area (TPSA) is 15.3 Å². The van der Waals surface area contributed by atoms with Crippen molar-refractivity contribution in [2.45, 2.75) is 45.6 Å². The van der Waals surface area contributed by atoms with E-state index in [-0.39, 0.29) is 0 Å². The maximum atomic E-state index is 3.52. The van der Waals surface area contributed by atoms with Crippen molar-refractivity contribution in [2.24, 2.45) is 11.8 Å². The summed E-state index contributed by atoms with van der Waals surface area (Å²) in [5.74, 6) is 1.94. The maximum absolute atomic E-state index is 3.52. The summed E-state index contributed by atoms with van der Waals surface area (Å²) in [5.41, 5.74) is 0. The Morgan fingerprint density at radius 2 is 2.00 bits per heavy atom. The maximum Gasteiger partial charge on any atom is 0.0167 e. The van der Waals surface area contributed by atoms with E-state index in [1.165, 1.54) is 51.9 Å². The molecule has 0 amide bonds. The standard InChI is InChI=1S/C13H26N2/c1-11-5-3-4-6-13(11)10-15-8-7-14-12(2)9-15/h11-14H,3-10H2,1-2H3/t11?,12-,13?/m1/s1. The molecule has 15 heavy (non-hydrogen) atoms. The zero-order valence-electron chi connectivity index (χ0n) is 10.3. The molecule has 1 heterocycles. The predicted molar refractivity (Wildman–Crippen MR) is 65.0 cm³/mol. The van der Waals surface area contributed by atoms with Gasteiger partial charge in [0.05, 0.1) is 0 Å². The Labute approximate surface area is 94.4 Å². The van der Waals surface area contributed by atoms with Crippen molar-refractivity contribution in [3.63, 3.8) is 0 Å². The van der Waals surface area contributed by atoms with E-state index in [2.05, 4.69) is 24.1 Å². The van der Waals surface area contributed by atoms with Crippen LogP contribution < -0.4 is 5.32 Å². The molecule has 0 radical (unpaired) electrons. The first-order valence-electron chi connectivity index (χ1n) is 6.71. The summed E-state index contributed by atoms with van der Waals surface area (Å²) in [7, 11) is 0. The Kier molecular flexibility index (Phi) is 4.04. The van der Waals surface area contributed by atoms with Crippen LogP contribution in [0.4, 0.5) is 0 Å². The number of hydrogen-bond donors (Lipinski definition) is 1. The molecule has 0 spiro atoms. The third-order valence-corrected chi connectivity index (χ3v) is 4.23. The van der Waals surface area contributed by atoms with Gasteiger partial charge in [-0.05, 0) is 25.2 Å². The zero-order valence-corrected chi connectivity index (χ0v) is 10.3. The molecule has 0 aromatic rings. The minimum absolute atomic E-state index is 0.692. The van der Waals surface area contributed by atoms with Gasteiger partial charge in [-0.1, -0.05) is 26.2 Å². The Bertz CT molecular complexity index is 193. The number of piperazine rings is 1. The molecule has 88 valence electrons. The lowest BCUT2D eigenvalue weighted by atomic mass is 9.80. The van der Waals surface area contributed by atoms with Crippen LogP contribution in [0.1, 0.15) is 39.5 Å². The molecule has 1 aliphatic heterocycles. The van der Waals surface area contributed by atoms with Gasteiger partial charge in [-0.2, -0.15) is 0 Å². The van der Waals surface area contributed by atoms with E-state index in [4.69, 9.17) is 0 Å². The minimum Gasteiger partial charge on any atom is -0.312 e. The second-order valence-corrected chi connectivity index (χ2v) is 5.64. The lowest BCUT2D eigenvalue weighted by Crippen LogP contribution is -2.51. The van der Waals surface area contributed by atoms with Crippen LogP contribution in [0.2, 0.25) is 0 Å². The van der Waals surface area contributed by atoms with Crippen molar-refractivity contribution in [1.29, 1.82) is 0 Å². The van der Waals surface area contributed by atoms with Gasteiger partial charge in [0.1, 0.15) is 0 Å². The Balaban J connectivity index is 1.79. The molecule has 2 rings (SSSR count). The van der Waals surface area contributed by atoms with Crippen molar-refractivity contribution in [2.75, 3.05) is 26.2 Å². The molecule has 1 saturated heterocycles. The molecule has 2 nitrogen and oxygen atoms in total. The Morgan fingerprint density at radius 1 is 1.20 bits per heavy atom. The average molecular weight is 210 g/mol. The first kappa shape index (κ1) is 11.4. The lowest BCUT2D eigenvalue weighted by molar-refractivity contribution is 0.133. The molecule has 1 N–H and O–H groups in total. The normalized spacial score (nSPS) is 39.2. The fourth-order valence-corrected chi connectivity index (χ4v) is 3.17. The van der Waals surface area contributed by atoms with Crippen LogP contribution in [0.3, 0.4) is 0 Å². The van der Waals surface area contributed by atoms with Gasteiger partial charge in [0.25, 0.3) is 0 Å². The average Bonchev–Trinajstić information content (AvgIpc) is 2.22. The van der Waals surface area contributed by atoms with E-state index >= 15 is 0 Å². The van der Waals surface area contributed by atoms with Crippen LogP contribution in [-0.2, 0) is 0 Å². The highest BCUT2D eigenvalue weighted by atomic mass is 15.2. The van der Waals surface area contributed by atoms with Crippen LogP contribution in [0.25, 0.3) is 0 Å². The first-order chi connectivity index (χ1) is 7.25. The molecule has 0 bridgehead atoms. The second-order valence-electron chi connectivity index (χ2n) is 5.64. The number of nitrogens with zero attached hydrogens (tertiary/aromatic N) is 1. The summed E-state index contributed by atoms with van der Waals surface area (Å²) < 4.78 is 0. The van der Waals surface area contributed by atoms with E-state index in [0.29, 0.717) is 6.04 Å². The van der Waals surface area contributed by atoms with Gasteiger partial charge in [-0.15, -0.1) is 0 Å². The molecule has 1 aliphatic carbocycles. The third-order valence-electron chi connectivity index (χ3n) is 4.23. The summed E-state index contributed by atoms with van der Waals surface area (Å²) >= 11 is 0. The van der Waals surface area contributed by atoms with Crippen LogP contribution in [0.5, 0.6) is 0 Å². The summed E-state index contributed by atoms with van der Waals surface area (Å²) in [6, 6.07) is 0.692. The Hall–Kier alpha value is -0.0800. The van der Waals surface area contributed by atoms with E-state index in [1.807, 2.05) is 0 Å². The molecule has 2 unspecified atom stereocenters. The fourth-order valence-electron chi connectivity index (χ4n) is 3.17. The van der Waals surface area contributed by atoms with E-state index in [9.17, 15) is 0 Å². The molecule has 3 atom stereocenters. The van der Waals surface area contributed by atoms with E-state index in [0.717, 1.165) is 11.8 Å². The smallest absolute Gasteiger partial charge is 0.0167 e. The van der Waals surface area contributed by atoms with Crippen molar-refractivity contribution >= 4 is 0 Å². The van der Waals surface area contributed by atoms with Crippen molar-refractivity contribution in [3.8, 4) is 0 Å². The highest BCUT2D eigenvalue weighted by Crippen LogP contribution is 2.30. The van der Waals surface area contributed by atoms with Gasteiger partial charge in [0.2, 0.25) is 0 Å². The van der Waals surface area contributed by atoms with Crippen LogP contribution >= 0.6 is 0 Å². The van der Waals surface area contributed by atoms with E-state index in [1.54, 1.807) is 0 Å². The van der Waals surface area contributed by atoms with Gasteiger partial charge < -0.3 is 10.2 Å². The molecule has 0 aromatic heterocycles. The highest BCUT2D eigenvalue weighted by Gasteiger charge is 2.25. The largest absolute Gasteiger partial charge is 0.312 e. The molecule has 2 heteroatoms. The van der Waals surface area contributed by atoms with Gasteiger partial charge in [0.15, 0.2) is 0 Å². The second kappa shape index (κ2) is 5.31. The quantitative estimate of drug-likeness (QED) is 0.751. The van der Waals surface area contributed by atoms with Gasteiger partial charge in [-0.25, -0.2) is 0 Å². The Morgan fingerprint density at radius 3 is 2.73 bits per heavy atom. The molecule has 2 aliphatic rings. The molecule has 0 aromatic carbocycles. The number of nitrogens with one attached hydrogen (secondary N) is 1. The monoisotopic (exact) mass is 210 g/mol. The summed E-state index contributed by atoms with van der Waals surface area (Å²) in [5, 5.41) is 3.52. The zero-order chi connectivity index (χ0) is 10.7. The van der Waals surface area contributed by atoms with Gasteiger partial charge in [0, 0.05) is 32.2 Å². The summed E-state index contributed by atoms with van der Waals surface area (Å²) in [6.07, 6.45) is 5.87. The van der Waals surface area contributed by atoms with Gasteiger partial charge in [-0.3, -0.25) is 0 Å². The van der Waals surface area contributed by atoms with Crippen LogP contribution in [0, 0.1) is 11.8 Å². The molecule has 1 saturated carbocycles. The highest BCUT2D eigenvalue weighted by molar-refractivity contribution is 4.80. The van der Waals surface area contributed by atoms with Crippen molar-refractivity contribution in [3.05, 3.63) is 0 Å². The predicted octanol–water partition coefficient (Wildman–Crippen LogP) is 2.11. The number of hydrogen-bond acceptors (Lipinski definition) is 2. The molecular weight excluding hydrogens is 184 g/mol. The molecule has 2 fully saturated rings. The van der Waals surface area contributed by atoms with Crippen molar-refractivity contribution in [1.82, 2.24) is 10.2 Å². The van der Waals surface area contributed by atoms with Gasteiger partial charge >= 0.3 is 0 Å². The van der Waals surface area contributed by atoms with E-state index < -0.39 is 0 Å². The van der Waals surface area contributed by atoms with Crippen LogP contribution in [0.15, 0.2) is 0 Å². The summed E-state index contributed by atoms with van der Waals surface area (Å²) in [6.45, 7) is 9.80. The fraction of sp³-hybridized carbons (Fsp3) is 1.00. The molecular formula is C13H26N2. The van der Waals surface area contributed by atoms with Crippen LogP contribution in [-0.4, -0.2) is 37.1 Å². The third kappa shape index (κ3) is 3.18. The summed E-state index contributed by atoms with van der Waals surface area (Å²) in [4.78, 5) is 2.67. The lowest BCUT2D eigenvalue weighted by Gasteiger charge is -2.37.